The van der Waals surface area contributed by atoms with Crippen LogP contribution in [0.1, 0.15) is 10.4 Å². The standard InChI is InChI=1S/C10H8ClFN4O/c11-5-1-2-7(12)6(3-5)10(17)15-9-8(13)4-14-16-9/h1-4H,13H2,(H2,14,15,16,17). The van der Waals surface area contributed by atoms with Crippen LogP contribution in [0.5, 0.6) is 0 Å². The molecule has 0 aliphatic carbocycles. The summed E-state index contributed by atoms with van der Waals surface area (Å²) in [6.45, 7) is 0. The Kier molecular flexibility index (Phi) is 2.97. The van der Waals surface area contributed by atoms with Crippen LogP contribution < -0.4 is 11.1 Å². The van der Waals surface area contributed by atoms with E-state index in [-0.39, 0.29) is 22.1 Å². The Morgan fingerprint density at radius 3 is 2.94 bits per heavy atom. The molecule has 1 aromatic carbocycles. The molecule has 5 nitrogen and oxygen atoms in total. The van der Waals surface area contributed by atoms with Gasteiger partial charge in [0.25, 0.3) is 5.91 Å². The summed E-state index contributed by atoms with van der Waals surface area (Å²) in [4.78, 5) is 11.7. The van der Waals surface area contributed by atoms with Gasteiger partial charge in [-0.05, 0) is 18.2 Å². The second-order valence-electron chi connectivity index (χ2n) is 3.28. The van der Waals surface area contributed by atoms with Gasteiger partial charge in [0, 0.05) is 5.02 Å². The number of carbonyl (C=O) groups excluding carboxylic acids is 1. The molecule has 0 saturated heterocycles. The Bertz CT molecular complexity index is 569. The smallest absolute Gasteiger partial charge is 0.259 e. The Balaban J connectivity index is 2.26. The molecule has 0 unspecified atom stereocenters. The lowest BCUT2D eigenvalue weighted by Crippen LogP contribution is -2.15. The lowest BCUT2D eigenvalue weighted by atomic mass is 10.2. The zero-order valence-corrected chi connectivity index (χ0v) is 9.25. The quantitative estimate of drug-likeness (QED) is 0.767. The maximum atomic E-state index is 13.4. The van der Waals surface area contributed by atoms with Crippen molar-refractivity contribution in [1.82, 2.24) is 10.2 Å². The number of amides is 1. The maximum Gasteiger partial charge on any atom is 0.259 e. The van der Waals surface area contributed by atoms with Gasteiger partial charge in [0.1, 0.15) is 5.82 Å². The van der Waals surface area contributed by atoms with Crippen LogP contribution in [0.2, 0.25) is 5.02 Å². The molecule has 0 radical (unpaired) electrons. The number of carbonyl (C=O) groups is 1. The summed E-state index contributed by atoms with van der Waals surface area (Å²) in [5, 5.41) is 8.77. The fourth-order valence-electron chi connectivity index (χ4n) is 1.25. The van der Waals surface area contributed by atoms with Crippen LogP contribution in [0.25, 0.3) is 0 Å². The SMILES string of the molecule is Nc1cn[nH]c1NC(=O)c1cc(Cl)ccc1F. The monoisotopic (exact) mass is 254 g/mol. The molecule has 0 aliphatic heterocycles. The van der Waals surface area contributed by atoms with Crippen LogP contribution in [-0.4, -0.2) is 16.1 Å². The number of hydrogen-bond acceptors (Lipinski definition) is 3. The highest BCUT2D eigenvalue weighted by Gasteiger charge is 2.14. The lowest BCUT2D eigenvalue weighted by molar-refractivity contribution is 0.102. The van der Waals surface area contributed by atoms with Gasteiger partial charge in [-0.3, -0.25) is 9.89 Å². The number of anilines is 2. The van der Waals surface area contributed by atoms with Gasteiger partial charge in [-0.15, -0.1) is 0 Å². The van der Waals surface area contributed by atoms with E-state index >= 15 is 0 Å². The molecule has 0 atom stereocenters. The van der Waals surface area contributed by atoms with Crippen molar-refractivity contribution in [3.63, 3.8) is 0 Å². The second-order valence-corrected chi connectivity index (χ2v) is 3.72. The van der Waals surface area contributed by atoms with Gasteiger partial charge in [-0.2, -0.15) is 5.10 Å². The summed E-state index contributed by atoms with van der Waals surface area (Å²) in [5.41, 5.74) is 5.61. The highest BCUT2D eigenvalue weighted by molar-refractivity contribution is 6.31. The van der Waals surface area contributed by atoms with Gasteiger partial charge >= 0.3 is 0 Å². The van der Waals surface area contributed by atoms with Gasteiger partial charge in [-0.1, -0.05) is 11.6 Å². The average molecular weight is 255 g/mol. The topological polar surface area (TPSA) is 83.8 Å². The highest BCUT2D eigenvalue weighted by atomic mass is 35.5. The molecule has 2 aromatic rings. The van der Waals surface area contributed by atoms with Crippen LogP contribution in [0.3, 0.4) is 0 Å². The average Bonchev–Trinajstić information content (AvgIpc) is 2.68. The van der Waals surface area contributed by atoms with E-state index < -0.39 is 11.7 Å². The van der Waals surface area contributed by atoms with Crippen molar-refractivity contribution in [3.05, 3.63) is 40.8 Å². The number of hydrogen-bond donors (Lipinski definition) is 3. The van der Waals surface area contributed by atoms with E-state index in [1.54, 1.807) is 0 Å². The Labute approximate surface area is 101 Å². The first kappa shape index (κ1) is 11.4. The molecule has 88 valence electrons. The first-order valence-electron chi connectivity index (χ1n) is 4.63. The summed E-state index contributed by atoms with van der Waals surface area (Å²) < 4.78 is 13.4. The summed E-state index contributed by atoms with van der Waals surface area (Å²) in [6.07, 6.45) is 1.34. The van der Waals surface area contributed by atoms with Gasteiger partial charge in [0.15, 0.2) is 5.82 Å². The molecular weight excluding hydrogens is 247 g/mol. The van der Waals surface area contributed by atoms with E-state index in [2.05, 4.69) is 15.5 Å². The largest absolute Gasteiger partial charge is 0.394 e. The number of benzene rings is 1. The Morgan fingerprint density at radius 1 is 1.53 bits per heavy atom. The van der Waals surface area contributed by atoms with Crippen molar-refractivity contribution >= 4 is 29.0 Å². The molecule has 0 aliphatic rings. The molecule has 0 spiro atoms. The third kappa shape index (κ3) is 2.36. The zero-order valence-electron chi connectivity index (χ0n) is 8.50. The maximum absolute atomic E-state index is 13.4. The van der Waals surface area contributed by atoms with Gasteiger partial charge in [0.05, 0.1) is 17.4 Å². The van der Waals surface area contributed by atoms with Gasteiger partial charge in [-0.25, -0.2) is 4.39 Å². The van der Waals surface area contributed by atoms with E-state index in [1.165, 1.54) is 18.3 Å². The molecule has 0 bridgehead atoms. The summed E-state index contributed by atoms with van der Waals surface area (Å²) in [5.74, 6) is -1.10. The van der Waals surface area contributed by atoms with Gasteiger partial charge < -0.3 is 11.1 Å². The first-order valence-corrected chi connectivity index (χ1v) is 5.01. The summed E-state index contributed by atoms with van der Waals surface area (Å²) >= 11 is 5.68. The second kappa shape index (κ2) is 4.42. The van der Waals surface area contributed by atoms with E-state index in [0.29, 0.717) is 0 Å². The van der Waals surface area contributed by atoms with E-state index in [4.69, 9.17) is 17.3 Å². The van der Waals surface area contributed by atoms with Crippen LogP contribution in [0, 0.1) is 5.82 Å². The zero-order chi connectivity index (χ0) is 12.4. The first-order chi connectivity index (χ1) is 8.08. The molecule has 1 aromatic heterocycles. The highest BCUT2D eigenvalue weighted by Crippen LogP contribution is 2.18. The number of halogens is 2. The van der Waals surface area contributed by atoms with E-state index in [0.717, 1.165) is 6.07 Å². The minimum atomic E-state index is -0.662. The number of aromatic amines is 1. The molecular formula is C10H8ClFN4O. The van der Waals surface area contributed by atoms with Crippen molar-refractivity contribution in [2.75, 3.05) is 11.1 Å². The number of nitrogen functional groups attached to an aromatic ring is 1. The lowest BCUT2D eigenvalue weighted by Gasteiger charge is -2.05. The fraction of sp³-hybridized carbons (Fsp3) is 0. The molecule has 1 amide bonds. The predicted octanol–water partition coefficient (Wildman–Crippen LogP) is 2.04. The fourth-order valence-corrected chi connectivity index (χ4v) is 1.42. The van der Waals surface area contributed by atoms with Crippen LogP contribution in [0.15, 0.2) is 24.4 Å². The molecule has 1 heterocycles. The molecule has 2 rings (SSSR count). The van der Waals surface area contributed by atoms with Crippen molar-refractivity contribution in [2.24, 2.45) is 0 Å². The Hall–Kier alpha value is -2.08. The van der Waals surface area contributed by atoms with Crippen molar-refractivity contribution in [2.45, 2.75) is 0 Å². The molecule has 7 heteroatoms. The number of H-pyrrole nitrogens is 1. The molecule has 0 fully saturated rings. The molecule has 17 heavy (non-hydrogen) atoms. The van der Waals surface area contributed by atoms with Crippen LogP contribution in [-0.2, 0) is 0 Å². The van der Waals surface area contributed by atoms with Crippen LogP contribution >= 0.6 is 11.6 Å². The minimum Gasteiger partial charge on any atom is -0.394 e. The number of rotatable bonds is 2. The number of nitrogens with two attached hydrogens (primary N) is 1. The molecule has 0 saturated carbocycles. The third-order valence-electron chi connectivity index (χ3n) is 2.08. The van der Waals surface area contributed by atoms with Crippen LogP contribution in [0.4, 0.5) is 15.9 Å². The van der Waals surface area contributed by atoms with E-state index in [9.17, 15) is 9.18 Å². The van der Waals surface area contributed by atoms with Crippen molar-refractivity contribution < 1.29 is 9.18 Å². The predicted molar refractivity (Wildman–Crippen MR) is 62.4 cm³/mol. The summed E-state index contributed by atoms with van der Waals surface area (Å²) in [6, 6.07) is 3.71. The third-order valence-corrected chi connectivity index (χ3v) is 2.32. The van der Waals surface area contributed by atoms with Crippen molar-refractivity contribution in [3.8, 4) is 0 Å². The van der Waals surface area contributed by atoms with Gasteiger partial charge in [0.2, 0.25) is 0 Å². The number of nitrogens with one attached hydrogen (secondary N) is 2. The summed E-state index contributed by atoms with van der Waals surface area (Å²) in [7, 11) is 0. The number of nitrogens with zero attached hydrogens (tertiary/aromatic N) is 1. The van der Waals surface area contributed by atoms with Crippen molar-refractivity contribution in [1.29, 1.82) is 0 Å². The minimum absolute atomic E-state index is 0.161. The molecule has 4 N–H and O–H groups in total. The van der Waals surface area contributed by atoms with E-state index in [1.807, 2.05) is 0 Å². The number of aromatic nitrogens is 2. The normalized spacial score (nSPS) is 10.2. The Morgan fingerprint density at radius 2 is 2.29 bits per heavy atom.